The molecule has 6 rings (SSSR count). The van der Waals surface area contributed by atoms with Gasteiger partial charge in [0, 0.05) is 60.7 Å². The molecule has 6 aromatic rings. The van der Waals surface area contributed by atoms with Gasteiger partial charge in [0.1, 0.15) is 95.8 Å². The summed E-state index contributed by atoms with van der Waals surface area (Å²) in [6, 6.07) is 11.8. The standard InChI is InChI=1S/C91H133N21O19S2/c1-52(113)76(78(98)118)111-90(130)75(51-133)110-91(131)77(53(2)114)112-83(123)68(26-12-17-43-96)103-88(128)73(48-58-49-99-64-22-7-6-20-62(58)64)108-87(127)70(44-54-18-4-3-5-19-54)107-89(129)74(50-132)109-82(122)67(25-11-16-42-95)102-86(126)72(47-57-31-37-61(117)38-32-57)106-81(121)66(24-10-15-41-94)101-85(125)71(46-56-29-35-60(116)36-30-56)105-80(120)65(23-9-14-40-93)100-84(124)69(45-55-27-33-59(115)34-28-55)104-79(119)63(97)21-8-13-39-92/h3-7,18-20,22,27-38,49,52-53,63,65-77,99,113-117,132-133H,8-17,21,23-26,39-48,50-51,92-97H2,1-2H3,(H2,98,118)(H,100,124)(H,101,125)(H,102,126)(H,103,128)(H,104,119)(H,105,120)(H,106,121)(H,107,129)(H,108,127)(H,109,122)(H,110,131)(H,111,130)(H,112,123)/t52-,53-,63-,65+,66-,67+,68+,69+,70+,71-,72+,73-,74+,75+,76+,77+/m1/s1. The van der Waals surface area contributed by atoms with E-state index >= 15 is 28.8 Å². The smallest absolute Gasteiger partial charge is 0.245 e. The number of phenols is 3. The summed E-state index contributed by atoms with van der Waals surface area (Å²) in [5.74, 6) is -14.2. The number of fused-ring (bicyclic) bond motifs is 1. The minimum atomic E-state index is -1.80. The van der Waals surface area contributed by atoms with Gasteiger partial charge in [0.2, 0.25) is 82.7 Å². The van der Waals surface area contributed by atoms with Gasteiger partial charge in [0.25, 0.3) is 0 Å². The molecule has 0 aliphatic heterocycles. The van der Waals surface area contributed by atoms with Gasteiger partial charge < -0.3 is 140 Å². The molecule has 16 atom stereocenters. The molecule has 0 bridgehead atoms. The van der Waals surface area contributed by atoms with Gasteiger partial charge in [0.15, 0.2) is 0 Å². The van der Waals surface area contributed by atoms with E-state index in [1.54, 1.807) is 72.9 Å². The summed E-state index contributed by atoms with van der Waals surface area (Å²) in [6.07, 6.45) is 0.728. The number of aromatic nitrogens is 1. The van der Waals surface area contributed by atoms with Gasteiger partial charge >= 0.3 is 0 Å². The fourth-order valence-corrected chi connectivity index (χ4v) is 14.9. The van der Waals surface area contributed by atoms with E-state index in [0.29, 0.717) is 90.2 Å². The third kappa shape index (κ3) is 37.5. The number of aromatic amines is 1. The minimum absolute atomic E-state index is 0.0214. The van der Waals surface area contributed by atoms with Crippen LogP contribution in [0.1, 0.15) is 138 Å². The molecule has 40 nitrogen and oxygen atoms in total. The zero-order chi connectivity index (χ0) is 97.6. The van der Waals surface area contributed by atoms with Crippen LogP contribution in [0.2, 0.25) is 0 Å². The molecule has 133 heavy (non-hydrogen) atoms. The van der Waals surface area contributed by atoms with Crippen LogP contribution < -0.4 is 109 Å². The topological polar surface area (TPSA) is 694 Å². The fourth-order valence-electron chi connectivity index (χ4n) is 14.4. The molecule has 42 heteroatoms. The molecule has 0 aliphatic rings. The van der Waals surface area contributed by atoms with Crippen molar-refractivity contribution in [2.75, 3.05) is 44.2 Å². The van der Waals surface area contributed by atoms with Crippen molar-refractivity contribution in [3.05, 3.63) is 161 Å². The van der Waals surface area contributed by atoms with Crippen LogP contribution in [0, 0.1) is 0 Å². The highest BCUT2D eigenvalue weighted by Gasteiger charge is 2.40. The van der Waals surface area contributed by atoms with Crippen molar-refractivity contribution in [2.24, 2.45) is 40.1 Å². The molecule has 0 aliphatic carbocycles. The summed E-state index contributed by atoms with van der Waals surface area (Å²) in [5, 5.41) is 86.9. The molecule has 0 radical (unpaired) electrons. The summed E-state index contributed by atoms with van der Waals surface area (Å²) in [5.41, 5.74) is 44.0. The third-order valence-corrected chi connectivity index (χ3v) is 22.8. The molecule has 0 spiro atoms. The lowest BCUT2D eigenvalue weighted by molar-refractivity contribution is -0.137. The summed E-state index contributed by atoms with van der Waals surface area (Å²) >= 11 is 8.64. The molecule has 0 unspecified atom stereocenters. The average molecular weight is 1890 g/mol. The molecule has 728 valence electrons. The first kappa shape index (κ1) is 110. The highest BCUT2D eigenvalue weighted by atomic mass is 32.1. The van der Waals surface area contributed by atoms with Gasteiger partial charge in [-0.1, -0.05) is 91.3 Å². The number of thiol groups is 2. The number of unbranched alkanes of at least 4 members (excludes halogenated alkanes) is 5. The summed E-state index contributed by atoms with van der Waals surface area (Å²) in [6.45, 7) is 3.40. The van der Waals surface area contributed by atoms with Crippen molar-refractivity contribution in [2.45, 2.75) is 239 Å². The second kappa shape index (κ2) is 58.1. The number of rotatable bonds is 61. The number of benzene rings is 5. The Morgan fingerprint density at radius 1 is 0.308 bits per heavy atom. The zero-order valence-corrected chi connectivity index (χ0v) is 76.7. The second-order valence-electron chi connectivity index (χ2n) is 32.8. The number of para-hydroxylation sites is 1. The number of aliphatic hydroxyl groups is 2. The van der Waals surface area contributed by atoms with Gasteiger partial charge in [-0.25, -0.2) is 0 Å². The SMILES string of the molecule is C[C@@H](O)[C@H](NC(=O)[C@H](CS)NC(=O)[C@@H](NC(=O)[C@H](CCCCN)NC(=O)[C@@H](Cc1c[nH]c2ccccc12)NC(=O)[C@H](Cc1ccccc1)NC(=O)[C@H](CS)NC(=O)[C@H](CCCCN)NC(=O)[C@H](Cc1ccc(O)cc1)NC(=O)[C@@H](CCCCN)NC(=O)[C@@H](Cc1ccc(O)cc1)NC(=O)[C@H](CCCCN)NC(=O)[C@H](Cc1ccc(O)cc1)NC(=O)[C@H](N)CCCCN)[C@@H](C)O)C(N)=O. The molecule has 1 heterocycles. The lowest BCUT2D eigenvalue weighted by Crippen LogP contribution is -2.62. The third-order valence-electron chi connectivity index (χ3n) is 22.1. The van der Waals surface area contributed by atoms with E-state index in [0.717, 1.165) is 0 Å². The lowest BCUT2D eigenvalue weighted by Gasteiger charge is -2.29. The number of carbonyl (C=O) groups excluding carboxylic acids is 14. The summed E-state index contributed by atoms with van der Waals surface area (Å²) in [7, 11) is 0. The van der Waals surface area contributed by atoms with E-state index in [-0.39, 0.29) is 133 Å². The van der Waals surface area contributed by atoms with Crippen LogP contribution in [0.15, 0.2) is 134 Å². The normalized spacial score (nSPS) is 14.9. The number of phenolic OH excluding ortho intramolecular Hbond substituents is 3. The summed E-state index contributed by atoms with van der Waals surface area (Å²) in [4.78, 5) is 206. The monoisotopic (exact) mass is 1890 g/mol. The predicted octanol–water partition coefficient (Wildman–Crippen LogP) is -2.82. The van der Waals surface area contributed by atoms with Crippen molar-refractivity contribution in [1.82, 2.24) is 74.1 Å². The molecule has 5 aromatic carbocycles. The number of hydrogen-bond donors (Lipinski definition) is 28. The second-order valence-corrected chi connectivity index (χ2v) is 33.5. The van der Waals surface area contributed by atoms with Gasteiger partial charge in [0.05, 0.1) is 18.2 Å². The first-order chi connectivity index (χ1) is 63.6. The van der Waals surface area contributed by atoms with Crippen LogP contribution in [0.25, 0.3) is 10.9 Å². The Balaban J connectivity index is 1.29. The van der Waals surface area contributed by atoms with Crippen LogP contribution in [-0.4, -0.2) is 254 Å². The van der Waals surface area contributed by atoms with Crippen LogP contribution >= 0.6 is 25.3 Å². The number of aromatic hydroxyl groups is 3. The van der Waals surface area contributed by atoms with Crippen LogP contribution in [0.5, 0.6) is 17.2 Å². The van der Waals surface area contributed by atoms with E-state index in [1.165, 1.54) is 74.5 Å². The van der Waals surface area contributed by atoms with Crippen molar-refractivity contribution in [3.63, 3.8) is 0 Å². The average Bonchev–Trinajstić information content (AvgIpc) is 1.57. The molecular weight excluding hydrogens is 1760 g/mol. The number of H-pyrrole nitrogens is 1. The Morgan fingerprint density at radius 3 is 0.910 bits per heavy atom. The van der Waals surface area contributed by atoms with E-state index in [2.05, 4.69) is 99.4 Å². The number of nitrogens with two attached hydrogens (primary N) is 7. The van der Waals surface area contributed by atoms with Crippen molar-refractivity contribution in [1.29, 1.82) is 0 Å². The Morgan fingerprint density at radius 2 is 0.571 bits per heavy atom. The zero-order valence-electron chi connectivity index (χ0n) is 74.9. The molecule has 1 aromatic heterocycles. The van der Waals surface area contributed by atoms with Crippen molar-refractivity contribution in [3.8, 4) is 17.2 Å². The van der Waals surface area contributed by atoms with Gasteiger partial charge in [-0.15, -0.1) is 0 Å². The maximum atomic E-state index is 15.3. The largest absolute Gasteiger partial charge is 0.508 e. The number of hydrogen-bond acceptors (Lipinski definition) is 27. The Bertz CT molecular complexity index is 4730. The Kier molecular flexibility index (Phi) is 48.0. The summed E-state index contributed by atoms with van der Waals surface area (Å²) < 4.78 is 0. The van der Waals surface area contributed by atoms with E-state index < -0.39 is 185 Å². The lowest BCUT2D eigenvalue weighted by atomic mass is 10.0. The number of aliphatic hydroxyl groups excluding tert-OH is 2. The first-order valence-electron chi connectivity index (χ1n) is 44.7. The van der Waals surface area contributed by atoms with Gasteiger partial charge in [-0.3, -0.25) is 67.1 Å². The number of amides is 14. The quantitative estimate of drug-likeness (QED) is 0.0135. The van der Waals surface area contributed by atoms with Crippen LogP contribution in [0.4, 0.5) is 0 Å². The van der Waals surface area contributed by atoms with Crippen LogP contribution in [0.3, 0.4) is 0 Å². The molecule has 33 N–H and O–H groups in total. The number of carbonyl (C=O) groups is 14. The maximum Gasteiger partial charge on any atom is 0.245 e. The van der Waals surface area contributed by atoms with Crippen molar-refractivity contribution >= 4 is 119 Å². The van der Waals surface area contributed by atoms with E-state index in [1.807, 2.05) is 0 Å². The maximum absolute atomic E-state index is 15.3. The van der Waals surface area contributed by atoms with E-state index in [4.69, 9.17) is 40.1 Å². The van der Waals surface area contributed by atoms with E-state index in [9.17, 15) is 63.9 Å². The molecule has 0 fully saturated rings. The number of nitrogens with one attached hydrogen (secondary N) is 14. The predicted molar refractivity (Wildman–Crippen MR) is 505 cm³/mol. The number of primary amides is 1. The molecule has 14 amide bonds. The fraction of sp³-hybridized carbons (Fsp3) is 0.495. The Labute approximate surface area is 783 Å². The molecule has 0 saturated heterocycles. The van der Waals surface area contributed by atoms with Gasteiger partial charge in [-0.05, 0) is 207 Å². The first-order valence-corrected chi connectivity index (χ1v) is 45.9. The minimum Gasteiger partial charge on any atom is -0.508 e. The molecule has 0 saturated carbocycles. The molecular formula is C91H133N21O19S2. The van der Waals surface area contributed by atoms with Crippen LogP contribution in [-0.2, 0) is 99.2 Å². The highest BCUT2D eigenvalue weighted by molar-refractivity contribution is 7.80. The van der Waals surface area contributed by atoms with Gasteiger partial charge in [-0.2, -0.15) is 25.3 Å². The Hall–Kier alpha value is -12.0. The van der Waals surface area contributed by atoms with Crippen molar-refractivity contribution < 1.29 is 92.7 Å². The highest BCUT2D eigenvalue weighted by Crippen LogP contribution is 2.23.